The number of ether oxygens (including phenoxy) is 1. The summed E-state index contributed by atoms with van der Waals surface area (Å²) in [6.07, 6.45) is 0.796. The van der Waals surface area contributed by atoms with Crippen LogP contribution in [0.3, 0.4) is 0 Å². The first-order valence-electron chi connectivity index (χ1n) is 4.11. The van der Waals surface area contributed by atoms with Gasteiger partial charge in [-0.25, -0.2) is 0 Å². The molecule has 0 fully saturated rings. The van der Waals surface area contributed by atoms with Crippen LogP contribution in [0.2, 0.25) is 0 Å². The number of methoxy groups -OCH3 is 1. The first-order chi connectivity index (χ1) is 6.19. The van der Waals surface area contributed by atoms with Crippen LogP contribution in [0, 0.1) is 6.92 Å². The summed E-state index contributed by atoms with van der Waals surface area (Å²) in [5.74, 6) is 1.26. The lowest BCUT2D eigenvalue weighted by molar-refractivity contribution is 0.372. The number of benzene rings is 1. The number of hydrogen-bond donors (Lipinski definition) is 1. The Morgan fingerprint density at radius 3 is 2.69 bits per heavy atom. The molecule has 2 nitrogen and oxygen atoms in total. The molecule has 3 heteroatoms. The molecule has 0 saturated heterocycles. The third-order valence-corrected chi connectivity index (χ3v) is 2.19. The lowest BCUT2D eigenvalue weighted by Crippen LogP contribution is -1.93. The molecular weight excluding hydrogens is 188 g/mol. The largest absolute Gasteiger partial charge is 0.504 e. The van der Waals surface area contributed by atoms with Gasteiger partial charge < -0.3 is 9.84 Å². The normalized spacial score (nSPS) is 10.1. The average molecular weight is 201 g/mol. The lowest BCUT2D eigenvalue weighted by Gasteiger charge is -2.08. The summed E-state index contributed by atoms with van der Waals surface area (Å²) in [7, 11) is 1.54. The summed E-state index contributed by atoms with van der Waals surface area (Å²) in [6, 6.07) is 3.52. The molecule has 1 aromatic rings. The average Bonchev–Trinajstić information content (AvgIpc) is 2.10. The third-order valence-electron chi connectivity index (χ3n) is 2.00. The summed E-state index contributed by atoms with van der Waals surface area (Å²) in [4.78, 5) is 0. The maximum atomic E-state index is 9.43. The minimum Gasteiger partial charge on any atom is -0.504 e. The van der Waals surface area contributed by atoms with Crippen molar-refractivity contribution in [3.8, 4) is 11.5 Å². The molecule has 1 aromatic carbocycles. The number of halogens is 1. The fourth-order valence-electron chi connectivity index (χ4n) is 1.25. The number of rotatable bonds is 3. The van der Waals surface area contributed by atoms with Gasteiger partial charge in [-0.1, -0.05) is 0 Å². The van der Waals surface area contributed by atoms with E-state index in [1.807, 2.05) is 13.0 Å². The van der Waals surface area contributed by atoms with Crippen LogP contribution in [0.15, 0.2) is 12.1 Å². The van der Waals surface area contributed by atoms with Gasteiger partial charge in [0.05, 0.1) is 7.11 Å². The molecule has 0 aliphatic heterocycles. The number of phenolic OH excluding ortho intramolecular Hbond substituents is 1. The molecule has 0 aliphatic rings. The second kappa shape index (κ2) is 4.38. The van der Waals surface area contributed by atoms with Crippen molar-refractivity contribution in [2.45, 2.75) is 13.3 Å². The smallest absolute Gasteiger partial charge is 0.160 e. The Labute approximate surface area is 83.1 Å². The van der Waals surface area contributed by atoms with Crippen LogP contribution < -0.4 is 4.74 Å². The molecule has 0 spiro atoms. The predicted molar refractivity (Wildman–Crippen MR) is 53.8 cm³/mol. The maximum Gasteiger partial charge on any atom is 0.160 e. The standard InChI is InChI=1S/C10H13ClO2/c1-7-5-9(12)10(13-2)6-8(7)3-4-11/h5-6,12H,3-4H2,1-2H3. The molecule has 0 amide bonds. The Balaban J connectivity index is 3.06. The Kier molecular flexibility index (Phi) is 3.43. The number of aromatic hydroxyl groups is 1. The fraction of sp³-hybridized carbons (Fsp3) is 0.400. The molecule has 0 heterocycles. The zero-order valence-corrected chi connectivity index (χ0v) is 8.56. The molecule has 0 radical (unpaired) electrons. The Morgan fingerprint density at radius 1 is 1.46 bits per heavy atom. The Bertz CT molecular complexity index is 297. The van der Waals surface area contributed by atoms with Crippen molar-refractivity contribution in [3.63, 3.8) is 0 Å². The van der Waals surface area contributed by atoms with Crippen LogP contribution in [0.1, 0.15) is 11.1 Å². The van der Waals surface area contributed by atoms with Crippen molar-refractivity contribution in [1.29, 1.82) is 0 Å². The van der Waals surface area contributed by atoms with Crippen molar-refractivity contribution < 1.29 is 9.84 Å². The second-order valence-corrected chi connectivity index (χ2v) is 3.27. The van der Waals surface area contributed by atoms with Crippen LogP contribution in [0.4, 0.5) is 0 Å². The van der Waals surface area contributed by atoms with E-state index in [9.17, 15) is 5.11 Å². The van der Waals surface area contributed by atoms with Crippen molar-refractivity contribution >= 4 is 11.6 Å². The van der Waals surface area contributed by atoms with Gasteiger partial charge in [-0.15, -0.1) is 11.6 Å². The molecule has 1 rings (SSSR count). The predicted octanol–water partition coefficient (Wildman–Crippen LogP) is 2.49. The van der Waals surface area contributed by atoms with Crippen molar-refractivity contribution in [3.05, 3.63) is 23.3 Å². The van der Waals surface area contributed by atoms with E-state index in [0.29, 0.717) is 11.6 Å². The van der Waals surface area contributed by atoms with E-state index >= 15 is 0 Å². The molecule has 0 bridgehead atoms. The van der Waals surface area contributed by atoms with Gasteiger partial charge in [0.15, 0.2) is 11.5 Å². The van der Waals surface area contributed by atoms with E-state index < -0.39 is 0 Å². The van der Waals surface area contributed by atoms with E-state index in [0.717, 1.165) is 17.5 Å². The molecule has 1 N–H and O–H groups in total. The Morgan fingerprint density at radius 2 is 2.15 bits per heavy atom. The first kappa shape index (κ1) is 10.2. The van der Waals surface area contributed by atoms with Crippen LogP contribution in [0.25, 0.3) is 0 Å². The maximum absolute atomic E-state index is 9.43. The van der Waals surface area contributed by atoms with Gasteiger partial charge in [-0.05, 0) is 36.6 Å². The van der Waals surface area contributed by atoms with Gasteiger partial charge in [0.1, 0.15) is 0 Å². The SMILES string of the molecule is COc1cc(CCCl)c(C)cc1O. The van der Waals surface area contributed by atoms with E-state index in [1.165, 1.54) is 7.11 Å². The number of aryl methyl sites for hydroxylation is 2. The van der Waals surface area contributed by atoms with Crippen molar-refractivity contribution in [1.82, 2.24) is 0 Å². The molecular formula is C10H13ClO2. The van der Waals surface area contributed by atoms with Crippen LogP contribution in [-0.2, 0) is 6.42 Å². The fourth-order valence-corrected chi connectivity index (χ4v) is 1.45. The third kappa shape index (κ3) is 2.28. The molecule has 13 heavy (non-hydrogen) atoms. The highest BCUT2D eigenvalue weighted by Gasteiger charge is 2.05. The van der Waals surface area contributed by atoms with Gasteiger partial charge in [0, 0.05) is 5.88 Å². The highest BCUT2D eigenvalue weighted by molar-refractivity contribution is 6.18. The van der Waals surface area contributed by atoms with Gasteiger partial charge in [0.2, 0.25) is 0 Å². The van der Waals surface area contributed by atoms with Gasteiger partial charge >= 0.3 is 0 Å². The lowest BCUT2D eigenvalue weighted by atomic mass is 10.1. The van der Waals surface area contributed by atoms with Crippen LogP contribution >= 0.6 is 11.6 Å². The number of alkyl halides is 1. The summed E-state index contributed by atoms with van der Waals surface area (Å²) in [6.45, 7) is 1.95. The van der Waals surface area contributed by atoms with E-state index in [1.54, 1.807) is 6.07 Å². The zero-order chi connectivity index (χ0) is 9.84. The summed E-state index contributed by atoms with van der Waals surface area (Å²) < 4.78 is 4.99. The highest BCUT2D eigenvalue weighted by atomic mass is 35.5. The summed E-state index contributed by atoms with van der Waals surface area (Å²) >= 11 is 5.64. The van der Waals surface area contributed by atoms with Gasteiger partial charge in [0.25, 0.3) is 0 Å². The second-order valence-electron chi connectivity index (χ2n) is 2.89. The quantitative estimate of drug-likeness (QED) is 0.760. The highest BCUT2D eigenvalue weighted by Crippen LogP contribution is 2.29. The Hall–Kier alpha value is -0.890. The van der Waals surface area contributed by atoms with Gasteiger partial charge in [-0.2, -0.15) is 0 Å². The summed E-state index contributed by atoms with van der Waals surface area (Å²) in [5, 5.41) is 9.43. The van der Waals surface area contributed by atoms with Crippen molar-refractivity contribution in [2.75, 3.05) is 13.0 Å². The topological polar surface area (TPSA) is 29.5 Å². The molecule has 72 valence electrons. The molecule has 0 unspecified atom stereocenters. The number of hydrogen-bond acceptors (Lipinski definition) is 2. The number of phenols is 1. The zero-order valence-electron chi connectivity index (χ0n) is 7.80. The summed E-state index contributed by atoms with van der Waals surface area (Å²) in [5.41, 5.74) is 2.16. The van der Waals surface area contributed by atoms with Crippen molar-refractivity contribution in [2.24, 2.45) is 0 Å². The van der Waals surface area contributed by atoms with Crippen LogP contribution in [-0.4, -0.2) is 18.1 Å². The minimum atomic E-state index is 0.179. The van der Waals surface area contributed by atoms with E-state index in [2.05, 4.69) is 0 Å². The molecule has 0 saturated carbocycles. The minimum absolute atomic E-state index is 0.179. The van der Waals surface area contributed by atoms with E-state index in [-0.39, 0.29) is 5.75 Å². The molecule has 0 aromatic heterocycles. The van der Waals surface area contributed by atoms with Gasteiger partial charge in [-0.3, -0.25) is 0 Å². The van der Waals surface area contributed by atoms with E-state index in [4.69, 9.17) is 16.3 Å². The molecule has 0 aliphatic carbocycles. The van der Waals surface area contributed by atoms with Crippen LogP contribution in [0.5, 0.6) is 11.5 Å². The first-order valence-corrected chi connectivity index (χ1v) is 4.65. The monoisotopic (exact) mass is 200 g/mol. The molecule has 0 atom stereocenters.